The Balaban J connectivity index is 1.81. The summed E-state index contributed by atoms with van der Waals surface area (Å²) in [5, 5.41) is 3.41. The molecule has 2 aliphatic rings. The lowest BCUT2D eigenvalue weighted by atomic mass is 10.0. The maximum Gasteiger partial charge on any atom is 0.0370 e. The summed E-state index contributed by atoms with van der Waals surface area (Å²) in [7, 11) is 0. The highest BCUT2D eigenvalue weighted by Crippen LogP contribution is 2.32. The first-order chi connectivity index (χ1) is 8.74. The van der Waals surface area contributed by atoms with E-state index < -0.39 is 0 Å². The summed E-state index contributed by atoms with van der Waals surface area (Å²) in [6.07, 6.45) is 3.52. The van der Waals surface area contributed by atoms with Crippen molar-refractivity contribution in [2.75, 3.05) is 31.1 Å². The molecule has 0 radical (unpaired) electrons. The van der Waals surface area contributed by atoms with Crippen LogP contribution in [0.4, 0.5) is 5.69 Å². The molecule has 0 amide bonds. The second kappa shape index (κ2) is 4.77. The van der Waals surface area contributed by atoms with E-state index in [1.54, 1.807) is 5.57 Å². The maximum atomic E-state index is 3.41. The number of benzene rings is 1. The van der Waals surface area contributed by atoms with Crippen LogP contribution in [-0.2, 0) is 6.42 Å². The Hall–Kier alpha value is -1.28. The van der Waals surface area contributed by atoms with E-state index in [4.69, 9.17) is 0 Å². The van der Waals surface area contributed by atoms with E-state index in [-0.39, 0.29) is 0 Å². The van der Waals surface area contributed by atoms with Gasteiger partial charge in [0, 0.05) is 31.9 Å². The Morgan fingerprint density at radius 1 is 1.17 bits per heavy atom. The fraction of sp³-hybridized carbons (Fsp3) is 0.500. The first-order valence-electron chi connectivity index (χ1n) is 7.03. The average Bonchev–Trinajstić information content (AvgIpc) is 2.82. The highest BCUT2D eigenvalue weighted by atomic mass is 15.2. The van der Waals surface area contributed by atoms with Gasteiger partial charge in [-0.15, -0.1) is 0 Å². The summed E-state index contributed by atoms with van der Waals surface area (Å²) in [6, 6.07) is 6.97. The van der Waals surface area contributed by atoms with E-state index in [1.807, 2.05) is 0 Å². The Bertz CT molecular complexity index is 468. The van der Waals surface area contributed by atoms with Crippen molar-refractivity contribution in [1.29, 1.82) is 0 Å². The molecule has 3 rings (SSSR count). The molecule has 1 aromatic carbocycles. The zero-order valence-corrected chi connectivity index (χ0v) is 11.4. The molecule has 0 aromatic heterocycles. The van der Waals surface area contributed by atoms with Gasteiger partial charge in [0.25, 0.3) is 0 Å². The summed E-state index contributed by atoms with van der Waals surface area (Å²) in [5.41, 5.74) is 5.91. The van der Waals surface area contributed by atoms with Crippen molar-refractivity contribution in [2.45, 2.75) is 20.3 Å². The molecule has 96 valence electrons. The number of nitrogens with one attached hydrogen (secondary N) is 1. The molecule has 0 bridgehead atoms. The van der Waals surface area contributed by atoms with Gasteiger partial charge in [-0.3, -0.25) is 0 Å². The van der Waals surface area contributed by atoms with Gasteiger partial charge in [-0.1, -0.05) is 31.6 Å². The van der Waals surface area contributed by atoms with Gasteiger partial charge in [-0.2, -0.15) is 0 Å². The van der Waals surface area contributed by atoms with Crippen LogP contribution in [0.5, 0.6) is 0 Å². The van der Waals surface area contributed by atoms with Crippen LogP contribution in [0.2, 0.25) is 0 Å². The predicted octanol–water partition coefficient (Wildman–Crippen LogP) is 2.69. The Kier molecular flexibility index (Phi) is 3.13. The number of piperazine rings is 1. The van der Waals surface area contributed by atoms with Gasteiger partial charge in [-0.05, 0) is 35.6 Å². The molecule has 1 fully saturated rings. The number of fused-ring (bicyclic) bond motifs is 1. The van der Waals surface area contributed by atoms with Crippen LogP contribution in [0, 0.1) is 5.92 Å². The van der Waals surface area contributed by atoms with Crippen molar-refractivity contribution < 1.29 is 0 Å². The van der Waals surface area contributed by atoms with Crippen molar-refractivity contribution in [1.82, 2.24) is 5.32 Å². The third-order valence-corrected chi connectivity index (χ3v) is 4.09. The van der Waals surface area contributed by atoms with E-state index in [9.17, 15) is 0 Å². The monoisotopic (exact) mass is 242 g/mol. The van der Waals surface area contributed by atoms with Gasteiger partial charge in [0.2, 0.25) is 0 Å². The van der Waals surface area contributed by atoms with Crippen molar-refractivity contribution in [3.63, 3.8) is 0 Å². The highest BCUT2D eigenvalue weighted by molar-refractivity contribution is 5.68. The molecule has 0 atom stereocenters. The first-order valence-corrected chi connectivity index (χ1v) is 7.03. The van der Waals surface area contributed by atoms with E-state index in [0.29, 0.717) is 5.92 Å². The maximum absolute atomic E-state index is 3.41. The van der Waals surface area contributed by atoms with E-state index >= 15 is 0 Å². The second-order valence-corrected chi connectivity index (χ2v) is 5.67. The Labute approximate surface area is 110 Å². The molecular formula is C16H22N2. The third kappa shape index (κ3) is 2.17. The lowest BCUT2D eigenvalue weighted by molar-refractivity contribution is 0.589. The highest BCUT2D eigenvalue weighted by Gasteiger charge is 2.17. The topological polar surface area (TPSA) is 15.3 Å². The largest absolute Gasteiger partial charge is 0.369 e. The van der Waals surface area contributed by atoms with Gasteiger partial charge in [0.15, 0.2) is 0 Å². The van der Waals surface area contributed by atoms with Crippen LogP contribution in [0.25, 0.3) is 6.08 Å². The SMILES string of the molecule is CC(C)C1=Cc2ccc(N3CCNCC3)cc2C1. The van der Waals surface area contributed by atoms with Crippen LogP contribution >= 0.6 is 0 Å². The Morgan fingerprint density at radius 3 is 2.67 bits per heavy atom. The van der Waals surface area contributed by atoms with Crippen molar-refractivity contribution in [3.8, 4) is 0 Å². The summed E-state index contributed by atoms with van der Waals surface area (Å²) in [6.45, 7) is 9.04. The zero-order valence-electron chi connectivity index (χ0n) is 11.4. The number of anilines is 1. The predicted molar refractivity (Wildman–Crippen MR) is 78.0 cm³/mol. The van der Waals surface area contributed by atoms with Gasteiger partial charge in [0.05, 0.1) is 0 Å². The van der Waals surface area contributed by atoms with Crippen LogP contribution in [0.15, 0.2) is 23.8 Å². The fourth-order valence-electron chi connectivity index (χ4n) is 2.85. The van der Waals surface area contributed by atoms with Crippen molar-refractivity contribution in [3.05, 3.63) is 34.9 Å². The third-order valence-electron chi connectivity index (χ3n) is 4.09. The van der Waals surface area contributed by atoms with Gasteiger partial charge in [-0.25, -0.2) is 0 Å². The van der Waals surface area contributed by atoms with E-state index in [0.717, 1.165) is 32.6 Å². The molecule has 18 heavy (non-hydrogen) atoms. The molecule has 0 unspecified atom stereocenters. The molecule has 1 heterocycles. The number of hydrogen-bond donors (Lipinski definition) is 1. The number of hydrogen-bond acceptors (Lipinski definition) is 2. The molecule has 1 aliphatic carbocycles. The molecular weight excluding hydrogens is 220 g/mol. The second-order valence-electron chi connectivity index (χ2n) is 5.67. The van der Waals surface area contributed by atoms with Crippen molar-refractivity contribution in [2.24, 2.45) is 5.92 Å². The first kappa shape index (κ1) is 11.8. The molecule has 2 nitrogen and oxygen atoms in total. The lowest BCUT2D eigenvalue weighted by Gasteiger charge is -2.29. The Morgan fingerprint density at radius 2 is 1.94 bits per heavy atom. The summed E-state index contributed by atoms with van der Waals surface area (Å²) >= 11 is 0. The van der Waals surface area contributed by atoms with Gasteiger partial charge < -0.3 is 10.2 Å². The van der Waals surface area contributed by atoms with Crippen LogP contribution < -0.4 is 10.2 Å². The minimum atomic E-state index is 0.667. The van der Waals surface area contributed by atoms with E-state index in [1.165, 1.54) is 16.8 Å². The summed E-state index contributed by atoms with van der Waals surface area (Å²) in [4.78, 5) is 2.49. The zero-order chi connectivity index (χ0) is 12.5. The minimum absolute atomic E-state index is 0.667. The molecule has 1 aliphatic heterocycles. The normalized spacial score (nSPS) is 19.1. The smallest absolute Gasteiger partial charge is 0.0370 e. The molecule has 0 spiro atoms. The van der Waals surface area contributed by atoms with Crippen LogP contribution in [0.1, 0.15) is 25.0 Å². The number of allylic oxidation sites excluding steroid dienone is 1. The van der Waals surface area contributed by atoms with Gasteiger partial charge >= 0.3 is 0 Å². The molecule has 1 N–H and O–H groups in total. The molecule has 1 aromatic rings. The molecule has 0 saturated carbocycles. The van der Waals surface area contributed by atoms with Crippen molar-refractivity contribution >= 4 is 11.8 Å². The standard InChI is InChI=1S/C16H22N2/c1-12(2)14-9-13-3-4-16(11-15(13)10-14)18-7-5-17-6-8-18/h3-4,9,11-12,17H,5-8,10H2,1-2H3. The van der Waals surface area contributed by atoms with Crippen LogP contribution in [0.3, 0.4) is 0 Å². The summed E-state index contributed by atoms with van der Waals surface area (Å²) < 4.78 is 0. The number of nitrogens with zero attached hydrogens (tertiary/aromatic N) is 1. The van der Waals surface area contributed by atoms with Crippen LogP contribution in [-0.4, -0.2) is 26.2 Å². The van der Waals surface area contributed by atoms with E-state index in [2.05, 4.69) is 48.3 Å². The quantitative estimate of drug-likeness (QED) is 0.858. The lowest BCUT2D eigenvalue weighted by Crippen LogP contribution is -2.43. The van der Waals surface area contributed by atoms with Gasteiger partial charge in [0.1, 0.15) is 0 Å². The molecule has 1 saturated heterocycles. The summed E-state index contributed by atoms with van der Waals surface area (Å²) in [5.74, 6) is 0.667. The average molecular weight is 242 g/mol. The minimum Gasteiger partial charge on any atom is -0.369 e. The number of rotatable bonds is 2. The fourth-order valence-corrected chi connectivity index (χ4v) is 2.85. The molecule has 2 heteroatoms.